The predicted octanol–water partition coefficient (Wildman–Crippen LogP) is 3.94. The Hall–Kier alpha value is -1.75. The lowest BCUT2D eigenvalue weighted by molar-refractivity contribution is -0.142. The van der Waals surface area contributed by atoms with Crippen LogP contribution >= 0.6 is 11.6 Å². The van der Waals surface area contributed by atoms with E-state index in [2.05, 4.69) is 25.7 Å². The van der Waals surface area contributed by atoms with Crippen LogP contribution < -0.4 is 10.6 Å². The summed E-state index contributed by atoms with van der Waals surface area (Å²) >= 11 is 6.00. The van der Waals surface area contributed by atoms with Gasteiger partial charge in [-0.05, 0) is 49.9 Å². The van der Waals surface area contributed by atoms with Gasteiger partial charge in [0.25, 0.3) is 0 Å². The van der Waals surface area contributed by atoms with Gasteiger partial charge in [-0.15, -0.1) is 0 Å². The third-order valence-electron chi connectivity index (χ3n) is 5.59. The van der Waals surface area contributed by atoms with Gasteiger partial charge in [0.05, 0.1) is 0 Å². The van der Waals surface area contributed by atoms with Crippen LogP contribution in [0.5, 0.6) is 0 Å². The molecule has 28 heavy (non-hydrogen) atoms. The average Bonchev–Trinajstić information content (AvgIpc) is 2.64. The Morgan fingerprint density at radius 2 is 1.82 bits per heavy atom. The van der Waals surface area contributed by atoms with Crippen molar-refractivity contribution in [2.75, 3.05) is 24.5 Å². The first-order chi connectivity index (χ1) is 13.2. The van der Waals surface area contributed by atoms with Gasteiger partial charge in [-0.2, -0.15) is 0 Å². The van der Waals surface area contributed by atoms with Crippen LogP contribution in [0.15, 0.2) is 24.3 Å². The Morgan fingerprint density at radius 1 is 1.18 bits per heavy atom. The van der Waals surface area contributed by atoms with Crippen molar-refractivity contribution in [1.82, 2.24) is 4.90 Å². The molecule has 6 heteroatoms. The van der Waals surface area contributed by atoms with Crippen LogP contribution in [0.4, 0.5) is 5.69 Å². The monoisotopic (exact) mass is 407 g/mol. The number of carbonyl (C=O) groups is 2. The number of anilines is 1. The van der Waals surface area contributed by atoms with Crippen molar-refractivity contribution < 1.29 is 9.59 Å². The molecule has 0 radical (unpaired) electrons. The fraction of sp³-hybridized carbons (Fsp3) is 0.636. The van der Waals surface area contributed by atoms with E-state index in [1.165, 1.54) is 0 Å². The van der Waals surface area contributed by atoms with Crippen LogP contribution in [-0.2, 0) is 9.59 Å². The molecule has 2 unspecified atom stereocenters. The van der Waals surface area contributed by atoms with E-state index in [-0.39, 0.29) is 29.7 Å². The Labute approximate surface area is 174 Å². The molecule has 0 bridgehead atoms. The summed E-state index contributed by atoms with van der Waals surface area (Å²) in [6, 6.07) is 8.01. The molecule has 1 aliphatic heterocycles. The van der Waals surface area contributed by atoms with E-state index in [1.807, 2.05) is 36.1 Å². The maximum absolute atomic E-state index is 13.4. The van der Waals surface area contributed by atoms with Crippen molar-refractivity contribution >= 4 is 29.1 Å². The fourth-order valence-electron chi connectivity index (χ4n) is 4.21. The molecule has 2 amide bonds. The second-order valence-corrected chi connectivity index (χ2v) is 8.77. The number of carbonyl (C=O) groups excluding carboxylic acids is 2. The van der Waals surface area contributed by atoms with E-state index in [0.717, 1.165) is 23.7 Å². The number of piperazine rings is 1. The van der Waals surface area contributed by atoms with Gasteiger partial charge >= 0.3 is 0 Å². The first-order valence-corrected chi connectivity index (χ1v) is 10.7. The molecule has 1 aromatic carbocycles. The number of amides is 2. The summed E-state index contributed by atoms with van der Waals surface area (Å²) < 4.78 is 0. The second kappa shape index (κ2) is 10.1. The third-order valence-corrected chi connectivity index (χ3v) is 5.84. The number of nitrogens with two attached hydrogens (primary N) is 1. The number of hydrogen-bond acceptors (Lipinski definition) is 3. The minimum atomic E-state index is -0.385. The number of benzene rings is 1. The molecule has 0 saturated carbocycles. The first kappa shape index (κ1) is 22.5. The molecule has 5 nitrogen and oxygen atoms in total. The number of nitrogens with zero attached hydrogens (tertiary/aromatic N) is 2. The predicted molar refractivity (Wildman–Crippen MR) is 115 cm³/mol. The van der Waals surface area contributed by atoms with Crippen molar-refractivity contribution in [3.05, 3.63) is 29.3 Å². The molecule has 2 rings (SSSR count). The number of rotatable bonds is 8. The van der Waals surface area contributed by atoms with Crippen molar-refractivity contribution in [3.63, 3.8) is 0 Å². The average molecular weight is 408 g/mol. The van der Waals surface area contributed by atoms with Crippen LogP contribution in [0.25, 0.3) is 0 Å². The molecule has 3 atom stereocenters. The second-order valence-electron chi connectivity index (χ2n) is 8.34. The van der Waals surface area contributed by atoms with Crippen LogP contribution in [-0.4, -0.2) is 42.4 Å². The molecule has 1 aromatic rings. The minimum Gasteiger partial charge on any atom is -0.369 e. The number of hydrogen-bond donors (Lipinski definition) is 1. The molecule has 2 N–H and O–H groups in total. The highest BCUT2D eigenvalue weighted by Gasteiger charge is 2.37. The van der Waals surface area contributed by atoms with E-state index >= 15 is 0 Å². The van der Waals surface area contributed by atoms with E-state index in [1.54, 1.807) is 0 Å². The SMILES string of the molecule is CCCC(C(N)=O)C(CC(C)C)C(=O)N1CCN(c2ccc(Cl)cc2)[C@H](C)C1. The molecule has 1 saturated heterocycles. The Kier molecular flexibility index (Phi) is 8.17. The lowest BCUT2D eigenvalue weighted by Gasteiger charge is -2.43. The summed E-state index contributed by atoms with van der Waals surface area (Å²) in [7, 11) is 0. The van der Waals surface area contributed by atoms with Gasteiger partial charge in [-0.3, -0.25) is 9.59 Å². The van der Waals surface area contributed by atoms with Gasteiger partial charge in [0, 0.05) is 48.2 Å². The summed E-state index contributed by atoms with van der Waals surface area (Å²) in [5, 5.41) is 0.718. The highest BCUT2D eigenvalue weighted by Crippen LogP contribution is 2.29. The number of primary amides is 1. The van der Waals surface area contributed by atoms with Crippen LogP contribution in [0.1, 0.15) is 47.0 Å². The molecule has 0 spiro atoms. The Balaban J connectivity index is 2.13. The molecule has 0 aromatic heterocycles. The standard InChI is InChI=1S/C22H34ClN3O2/c1-5-6-19(21(24)27)20(13-15(2)3)22(28)25-11-12-26(16(4)14-25)18-9-7-17(23)8-10-18/h7-10,15-16,19-20H,5-6,11-14H2,1-4H3,(H2,24,27)/t16-,19?,20?/m1/s1. The van der Waals surface area contributed by atoms with Gasteiger partial charge < -0.3 is 15.5 Å². The maximum Gasteiger partial charge on any atom is 0.226 e. The van der Waals surface area contributed by atoms with E-state index in [4.69, 9.17) is 17.3 Å². The summed E-state index contributed by atoms with van der Waals surface area (Å²) in [6.45, 7) is 10.4. The van der Waals surface area contributed by atoms with Gasteiger partial charge in [-0.1, -0.05) is 38.8 Å². The first-order valence-electron chi connectivity index (χ1n) is 10.3. The molecular formula is C22H34ClN3O2. The molecular weight excluding hydrogens is 374 g/mol. The van der Waals surface area contributed by atoms with Gasteiger partial charge in [0.1, 0.15) is 0 Å². The van der Waals surface area contributed by atoms with Gasteiger partial charge in [-0.25, -0.2) is 0 Å². The molecule has 156 valence electrons. The van der Waals surface area contributed by atoms with Crippen LogP contribution in [0, 0.1) is 17.8 Å². The van der Waals surface area contributed by atoms with E-state index < -0.39 is 0 Å². The third kappa shape index (κ3) is 5.63. The van der Waals surface area contributed by atoms with Crippen molar-refractivity contribution in [2.24, 2.45) is 23.5 Å². The van der Waals surface area contributed by atoms with E-state index in [9.17, 15) is 9.59 Å². The molecule has 0 aliphatic carbocycles. The Morgan fingerprint density at radius 3 is 2.32 bits per heavy atom. The summed E-state index contributed by atoms with van der Waals surface area (Å²) in [6.07, 6.45) is 2.20. The van der Waals surface area contributed by atoms with Crippen LogP contribution in [0.2, 0.25) is 5.02 Å². The fourth-order valence-corrected chi connectivity index (χ4v) is 4.33. The van der Waals surface area contributed by atoms with Crippen molar-refractivity contribution in [2.45, 2.75) is 53.0 Å². The van der Waals surface area contributed by atoms with Gasteiger partial charge in [0.2, 0.25) is 11.8 Å². The molecule has 1 aliphatic rings. The lowest BCUT2D eigenvalue weighted by atomic mass is 9.81. The summed E-state index contributed by atoms with van der Waals surface area (Å²) in [4.78, 5) is 29.7. The summed E-state index contributed by atoms with van der Waals surface area (Å²) in [5.74, 6) is -0.654. The zero-order valence-electron chi connectivity index (χ0n) is 17.5. The normalized spacial score (nSPS) is 19.6. The smallest absolute Gasteiger partial charge is 0.226 e. The lowest BCUT2D eigenvalue weighted by Crippen LogP contribution is -2.56. The topological polar surface area (TPSA) is 66.6 Å². The highest BCUT2D eigenvalue weighted by molar-refractivity contribution is 6.30. The molecule has 1 fully saturated rings. The van der Waals surface area contributed by atoms with Crippen LogP contribution in [0.3, 0.4) is 0 Å². The Bertz CT molecular complexity index is 662. The van der Waals surface area contributed by atoms with Gasteiger partial charge in [0.15, 0.2) is 0 Å². The zero-order valence-corrected chi connectivity index (χ0v) is 18.3. The molecule has 1 heterocycles. The largest absolute Gasteiger partial charge is 0.369 e. The number of halogens is 1. The quantitative estimate of drug-likeness (QED) is 0.709. The minimum absolute atomic E-state index is 0.0774. The zero-order chi connectivity index (χ0) is 20.8. The summed E-state index contributed by atoms with van der Waals surface area (Å²) in [5.41, 5.74) is 6.79. The van der Waals surface area contributed by atoms with Crippen molar-refractivity contribution in [1.29, 1.82) is 0 Å². The maximum atomic E-state index is 13.4. The van der Waals surface area contributed by atoms with Crippen molar-refractivity contribution in [3.8, 4) is 0 Å². The highest BCUT2D eigenvalue weighted by atomic mass is 35.5. The van der Waals surface area contributed by atoms with E-state index in [0.29, 0.717) is 31.8 Å².